The summed E-state index contributed by atoms with van der Waals surface area (Å²) in [5.41, 5.74) is 15.3. The van der Waals surface area contributed by atoms with Crippen molar-refractivity contribution in [2.75, 3.05) is 0 Å². The maximum absolute atomic E-state index is 5.91. The van der Waals surface area contributed by atoms with E-state index in [1.54, 1.807) is 88.2 Å². The van der Waals surface area contributed by atoms with Crippen LogP contribution >= 0.6 is 56.7 Å². The van der Waals surface area contributed by atoms with Gasteiger partial charge in [0.2, 0.25) is 0 Å². The van der Waals surface area contributed by atoms with Gasteiger partial charge < -0.3 is 8.83 Å². The van der Waals surface area contributed by atoms with Crippen molar-refractivity contribution in [1.82, 2.24) is 59.8 Å². The maximum Gasteiger partial charge on any atom is 0.156 e. The van der Waals surface area contributed by atoms with Gasteiger partial charge in [-0.1, -0.05) is 115 Å². The molecular formula is C85H62N12O2S5. The number of furan rings is 2. The van der Waals surface area contributed by atoms with Crippen LogP contribution in [0.4, 0.5) is 0 Å². The molecule has 8 aromatic carbocycles. The van der Waals surface area contributed by atoms with Crippen LogP contribution < -0.4 is 0 Å². The van der Waals surface area contributed by atoms with E-state index >= 15 is 0 Å². The van der Waals surface area contributed by atoms with Crippen molar-refractivity contribution in [2.45, 2.75) is 48.5 Å². The van der Waals surface area contributed by atoms with Gasteiger partial charge in [0.05, 0.1) is 0 Å². The number of nitrogens with zero attached hydrogens (tertiary/aromatic N) is 12. The average Bonchev–Trinajstić information content (AvgIpc) is 1.60. The molecular weight excluding hydrogens is 1380 g/mol. The van der Waals surface area contributed by atoms with Crippen molar-refractivity contribution in [3.05, 3.63) is 290 Å². The summed E-state index contributed by atoms with van der Waals surface area (Å²) in [5.74, 6) is 0.837. The van der Waals surface area contributed by atoms with E-state index in [4.69, 9.17) is 8.83 Å². The lowest BCUT2D eigenvalue weighted by molar-refractivity contribution is 0.665. The molecule has 0 bridgehead atoms. The highest BCUT2D eigenvalue weighted by Crippen LogP contribution is 2.39. The minimum absolute atomic E-state index is 0.837. The van der Waals surface area contributed by atoms with Crippen LogP contribution in [-0.4, -0.2) is 59.8 Å². The molecule has 0 unspecified atom stereocenters. The number of rotatable bonds is 1. The Morgan fingerprint density at radius 3 is 1.65 bits per heavy atom. The molecule has 0 spiro atoms. The largest absolute Gasteiger partial charge is 0.454 e. The zero-order valence-corrected chi connectivity index (χ0v) is 61.5. The van der Waals surface area contributed by atoms with E-state index in [2.05, 4.69) is 234 Å². The van der Waals surface area contributed by atoms with E-state index in [9.17, 15) is 0 Å². The van der Waals surface area contributed by atoms with Crippen LogP contribution in [0.1, 0.15) is 39.2 Å². The van der Waals surface area contributed by atoms with Gasteiger partial charge in [0.15, 0.2) is 11.2 Å². The number of hydrogen-bond donors (Lipinski definition) is 0. The highest BCUT2D eigenvalue weighted by atomic mass is 32.1. The van der Waals surface area contributed by atoms with Gasteiger partial charge in [-0.15, -0.1) is 56.7 Å². The van der Waals surface area contributed by atoms with E-state index in [1.807, 2.05) is 93.5 Å². The van der Waals surface area contributed by atoms with E-state index in [-0.39, 0.29) is 0 Å². The first-order valence-electron chi connectivity index (χ1n) is 33.4. The van der Waals surface area contributed by atoms with Gasteiger partial charge >= 0.3 is 0 Å². The number of fused-ring (bicyclic) bond motifs is 21. The fourth-order valence-corrected chi connectivity index (χ4v) is 17.9. The molecule has 504 valence electrons. The second-order valence-corrected chi connectivity index (χ2v) is 30.1. The fourth-order valence-electron chi connectivity index (χ4n) is 12.6. The van der Waals surface area contributed by atoms with Crippen molar-refractivity contribution in [1.29, 1.82) is 0 Å². The zero-order valence-electron chi connectivity index (χ0n) is 57.4. The van der Waals surface area contributed by atoms with Gasteiger partial charge in [-0.05, 0) is 160 Å². The number of hydrogen-bond acceptors (Lipinski definition) is 19. The Morgan fingerprint density at radius 2 is 0.865 bits per heavy atom. The third kappa shape index (κ3) is 13.6. The van der Waals surface area contributed by atoms with Crippen molar-refractivity contribution in [3.8, 4) is 11.1 Å². The molecule has 104 heavy (non-hydrogen) atoms. The third-order valence-electron chi connectivity index (χ3n) is 17.7. The predicted octanol–water partition coefficient (Wildman–Crippen LogP) is 24.0. The molecule has 0 amide bonds. The van der Waals surface area contributed by atoms with Crippen LogP contribution in [0.25, 0.3) is 157 Å². The molecule has 0 saturated heterocycles. The Bertz CT molecular complexity index is 6600. The first kappa shape index (κ1) is 66.7. The van der Waals surface area contributed by atoms with Gasteiger partial charge in [0.1, 0.15) is 77.5 Å². The summed E-state index contributed by atoms with van der Waals surface area (Å²) in [6.45, 7) is 14.5. The van der Waals surface area contributed by atoms with Crippen LogP contribution in [0.2, 0.25) is 0 Å². The Hall–Kier alpha value is -11.8. The summed E-state index contributed by atoms with van der Waals surface area (Å²) < 4.78 is 18.1. The normalized spacial score (nSPS) is 11.2. The highest BCUT2D eigenvalue weighted by Gasteiger charge is 2.14. The summed E-state index contributed by atoms with van der Waals surface area (Å²) in [5, 5.41) is 14.3. The second kappa shape index (κ2) is 29.3. The average molecular weight is 1440 g/mol. The SMILES string of the molecule is Cc1ccc2c(c1)oc1cccnc12.Cc1ccc2c(c1)sc1ncncc12.Cc1ccc2sc3ncncc3c2c1.Cc1cccc2c1sc1ncncc12.Cc1cccc2sc3ncncc3c12.Cc1ccnc2c1oc1ccc(-c3ccccc3)cc12.Cc1ncc2c(n1)sc1ccccc12. The van der Waals surface area contributed by atoms with Crippen LogP contribution in [0, 0.1) is 48.5 Å². The lowest BCUT2D eigenvalue weighted by Crippen LogP contribution is -1.83. The minimum atomic E-state index is 0.837. The summed E-state index contributed by atoms with van der Waals surface area (Å²) in [7, 11) is 0. The highest BCUT2D eigenvalue weighted by molar-refractivity contribution is 7.27. The van der Waals surface area contributed by atoms with E-state index < -0.39 is 0 Å². The van der Waals surface area contributed by atoms with Gasteiger partial charge in [-0.2, -0.15) is 0 Å². The molecule has 0 aliphatic carbocycles. The fraction of sp³-hybridized carbons (Fsp3) is 0.0824. The van der Waals surface area contributed by atoms with Gasteiger partial charge in [0.25, 0.3) is 0 Å². The van der Waals surface area contributed by atoms with Crippen LogP contribution in [0.3, 0.4) is 0 Å². The zero-order chi connectivity index (χ0) is 70.8. The lowest BCUT2D eigenvalue weighted by atomic mass is 10.0. The van der Waals surface area contributed by atoms with Crippen LogP contribution in [-0.2, 0) is 0 Å². The monoisotopic (exact) mass is 1440 g/mol. The van der Waals surface area contributed by atoms with Gasteiger partial charge in [0, 0.05) is 132 Å². The van der Waals surface area contributed by atoms with Crippen molar-refractivity contribution >= 4 is 202 Å². The molecule has 0 radical (unpaired) electrons. The topological polar surface area (TPSA) is 181 Å². The summed E-state index contributed by atoms with van der Waals surface area (Å²) in [6.07, 6.45) is 19.5. The third-order valence-corrected chi connectivity index (χ3v) is 23.3. The van der Waals surface area contributed by atoms with Crippen molar-refractivity contribution < 1.29 is 8.83 Å². The number of thiophene rings is 5. The predicted molar refractivity (Wildman–Crippen MR) is 436 cm³/mol. The summed E-state index contributed by atoms with van der Waals surface area (Å²) >= 11 is 8.63. The maximum atomic E-state index is 5.91. The van der Waals surface area contributed by atoms with Crippen LogP contribution in [0.5, 0.6) is 0 Å². The Kier molecular flexibility index (Phi) is 18.8. The molecule has 14 aromatic heterocycles. The van der Waals surface area contributed by atoms with Crippen molar-refractivity contribution in [3.63, 3.8) is 0 Å². The van der Waals surface area contributed by atoms with E-state index in [0.29, 0.717) is 0 Å². The lowest BCUT2D eigenvalue weighted by Gasteiger charge is -2.00. The molecule has 0 atom stereocenters. The van der Waals surface area contributed by atoms with E-state index in [0.717, 1.165) is 101 Å². The van der Waals surface area contributed by atoms with Crippen molar-refractivity contribution in [2.24, 2.45) is 0 Å². The molecule has 0 aliphatic heterocycles. The molecule has 22 rings (SSSR count). The minimum Gasteiger partial charge on any atom is -0.454 e. The molecule has 22 aromatic rings. The Morgan fingerprint density at radius 1 is 0.288 bits per heavy atom. The number of aryl methyl sites for hydroxylation is 7. The first-order chi connectivity index (χ1) is 50.9. The molecule has 0 saturated carbocycles. The molecule has 14 heterocycles. The second-order valence-electron chi connectivity index (χ2n) is 24.9. The summed E-state index contributed by atoms with van der Waals surface area (Å²) in [6, 6.07) is 62.6. The quantitative estimate of drug-likeness (QED) is 0.151. The van der Waals surface area contributed by atoms with Gasteiger partial charge in [-0.25, -0.2) is 49.8 Å². The first-order valence-corrected chi connectivity index (χ1v) is 37.5. The number of pyridine rings is 2. The molecule has 0 N–H and O–H groups in total. The number of aromatic nitrogens is 12. The smallest absolute Gasteiger partial charge is 0.156 e. The number of benzene rings is 8. The molecule has 0 aliphatic rings. The molecule has 19 heteroatoms. The molecule has 14 nitrogen and oxygen atoms in total. The Balaban J connectivity index is 0.0000000938. The Labute approximate surface area is 615 Å². The molecule has 0 fully saturated rings. The van der Waals surface area contributed by atoms with E-state index in [1.165, 1.54) is 94.8 Å². The standard InChI is InChI=1S/C18H13NO.C12H9NO.5C11H8N2S/c1-12-9-10-19-17-15-11-14(13-5-3-2-4-6-13)7-8-16(15)20-18(12)17;1-8-4-5-9-11(7-8)14-10-3-2-6-13-12(9)10;1-7-2-3-10-8(4-7)9-5-12-6-13-11(9)14-10;1-7-2-3-8-9-5-12-6-13-11(9)14-10(8)4-7;1-7-3-2-4-9-10(7)8-5-12-6-13-11(8)14-9;1-7-3-2-4-8-9-5-12-6-13-11(9)14-10(7)8;1-7-12-6-9-8-4-2-3-5-10(8)14-11(9)13-7/h2-11H,1H3;2-7H,1H3;5*2-6H,1H3. The van der Waals surface area contributed by atoms with Gasteiger partial charge in [-0.3, -0.25) is 9.97 Å². The summed E-state index contributed by atoms with van der Waals surface area (Å²) in [4.78, 5) is 56.1. The van der Waals surface area contributed by atoms with Crippen LogP contribution in [0.15, 0.2) is 260 Å².